The second kappa shape index (κ2) is 11.6. The second-order valence-corrected chi connectivity index (χ2v) is 14.7. The van der Waals surface area contributed by atoms with Gasteiger partial charge in [0, 0.05) is 12.5 Å². The lowest BCUT2D eigenvalue weighted by Gasteiger charge is -2.58. The smallest absolute Gasteiger partial charge is 0.331 e. The quantitative estimate of drug-likeness (QED) is 0.147. The lowest BCUT2D eigenvalue weighted by atomic mass is 9.47. The van der Waals surface area contributed by atoms with Crippen LogP contribution in [-0.2, 0) is 9.53 Å². The molecule has 0 heterocycles. The number of hydrogen-bond donors (Lipinski definition) is 2. The monoisotopic (exact) mass is 548 g/mol. The van der Waals surface area contributed by atoms with Gasteiger partial charge in [0.2, 0.25) is 0 Å². The molecule has 40 heavy (non-hydrogen) atoms. The van der Waals surface area contributed by atoms with Crippen LogP contribution in [0.5, 0.6) is 11.5 Å². The molecule has 220 valence electrons. The summed E-state index contributed by atoms with van der Waals surface area (Å²) in [5, 5.41) is 19.2. The van der Waals surface area contributed by atoms with Crippen LogP contribution >= 0.6 is 0 Å². The Balaban J connectivity index is 1.21. The van der Waals surface area contributed by atoms with Crippen molar-refractivity contribution in [3.63, 3.8) is 0 Å². The fourth-order valence-corrected chi connectivity index (χ4v) is 9.76. The molecule has 0 unspecified atom stereocenters. The highest BCUT2D eigenvalue weighted by Gasteiger charge is 2.59. The van der Waals surface area contributed by atoms with Crippen LogP contribution in [0.25, 0.3) is 6.08 Å². The van der Waals surface area contributed by atoms with Gasteiger partial charge < -0.3 is 14.9 Å². The van der Waals surface area contributed by atoms with Crippen LogP contribution in [-0.4, -0.2) is 22.3 Å². The van der Waals surface area contributed by atoms with Crippen LogP contribution in [0.1, 0.15) is 111 Å². The number of carbonyl (C=O) groups excluding carboxylic acids is 1. The largest absolute Gasteiger partial charge is 0.504 e. The highest BCUT2D eigenvalue weighted by molar-refractivity contribution is 5.87. The lowest BCUT2D eigenvalue weighted by Crippen LogP contribution is -2.51. The van der Waals surface area contributed by atoms with E-state index in [0.717, 1.165) is 54.8 Å². The van der Waals surface area contributed by atoms with Crippen molar-refractivity contribution in [2.45, 2.75) is 111 Å². The predicted octanol–water partition coefficient (Wildman–Crippen LogP) is 9.06. The van der Waals surface area contributed by atoms with Crippen LogP contribution in [0.2, 0.25) is 0 Å². The van der Waals surface area contributed by atoms with E-state index in [1.165, 1.54) is 75.1 Å². The van der Waals surface area contributed by atoms with Gasteiger partial charge >= 0.3 is 5.97 Å². The average Bonchev–Trinajstić information content (AvgIpc) is 3.26. The minimum atomic E-state index is -0.344. The summed E-state index contributed by atoms with van der Waals surface area (Å²) in [7, 11) is 0. The van der Waals surface area contributed by atoms with Crippen LogP contribution in [0.4, 0.5) is 0 Å². The third kappa shape index (κ3) is 5.61. The number of carbonyl (C=O) groups is 1. The molecule has 4 aliphatic rings. The van der Waals surface area contributed by atoms with Crippen molar-refractivity contribution >= 4 is 12.0 Å². The fraction of sp³-hybridized carbons (Fsp3) is 0.694. The van der Waals surface area contributed by atoms with E-state index >= 15 is 0 Å². The number of fused-ring (bicyclic) bond motifs is 5. The standard InChI is InChI=1S/C36H52O4/c1-23(2)7-6-8-24(3)29-13-14-30-28-12-11-26-22-27(17-19-35(26,4)31(28)18-20-36(29,30)5)40-34(39)16-10-25-9-15-32(37)33(38)21-25/h9-11,15-16,21,23-24,27-31,37-38H,6-8,12-14,17-20,22H2,1-5H3/b16-10+/t24-,27+,28+,29-,30+,31+,35+,36-/m1/s1. The van der Waals surface area contributed by atoms with E-state index in [2.05, 4.69) is 40.7 Å². The first-order valence-corrected chi connectivity index (χ1v) is 16.1. The van der Waals surface area contributed by atoms with Crippen LogP contribution in [0, 0.1) is 46.3 Å². The van der Waals surface area contributed by atoms with Crippen molar-refractivity contribution in [2.24, 2.45) is 46.3 Å². The summed E-state index contributed by atoms with van der Waals surface area (Å²) in [4.78, 5) is 12.6. The molecule has 3 fully saturated rings. The second-order valence-electron chi connectivity index (χ2n) is 14.7. The summed E-state index contributed by atoms with van der Waals surface area (Å²) < 4.78 is 5.89. The molecule has 0 amide bonds. The first kappa shape index (κ1) is 29.3. The van der Waals surface area contributed by atoms with Gasteiger partial charge in [-0.15, -0.1) is 0 Å². The number of allylic oxidation sites excluding steroid dienone is 1. The van der Waals surface area contributed by atoms with E-state index < -0.39 is 0 Å². The first-order valence-electron chi connectivity index (χ1n) is 16.1. The lowest BCUT2D eigenvalue weighted by molar-refractivity contribution is -0.145. The van der Waals surface area contributed by atoms with Gasteiger partial charge in [-0.2, -0.15) is 0 Å². The highest BCUT2D eigenvalue weighted by atomic mass is 16.5. The van der Waals surface area contributed by atoms with Crippen LogP contribution < -0.4 is 0 Å². The van der Waals surface area contributed by atoms with E-state index in [-0.39, 0.29) is 29.0 Å². The summed E-state index contributed by atoms with van der Waals surface area (Å²) in [6.07, 6.45) is 19.4. The number of phenolic OH excluding ortho intramolecular Hbond substituents is 2. The van der Waals surface area contributed by atoms with Gasteiger partial charge in [0.05, 0.1) is 0 Å². The maximum atomic E-state index is 12.6. The summed E-state index contributed by atoms with van der Waals surface area (Å²) in [5.41, 5.74) is 2.93. The Hall–Kier alpha value is -2.23. The normalized spacial score (nSPS) is 36.0. The van der Waals surface area contributed by atoms with Gasteiger partial charge in [-0.1, -0.05) is 71.6 Å². The fourth-order valence-electron chi connectivity index (χ4n) is 9.76. The van der Waals surface area contributed by atoms with Gasteiger partial charge in [-0.3, -0.25) is 0 Å². The van der Waals surface area contributed by atoms with Crippen molar-refractivity contribution in [3.05, 3.63) is 41.5 Å². The molecule has 0 aliphatic heterocycles. The van der Waals surface area contributed by atoms with E-state index in [1.807, 2.05) is 0 Å². The topological polar surface area (TPSA) is 66.8 Å². The molecule has 0 radical (unpaired) electrons. The van der Waals surface area contributed by atoms with Crippen molar-refractivity contribution in [3.8, 4) is 11.5 Å². The Bertz CT molecular complexity index is 1130. The van der Waals surface area contributed by atoms with Gasteiger partial charge in [0.25, 0.3) is 0 Å². The minimum Gasteiger partial charge on any atom is -0.504 e. The van der Waals surface area contributed by atoms with Crippen molar-refractivity contribution in [2.75, 3.05) is 0 Å². The molecule has 2 N–H and O–H groups in total. The number of benzene rings is 1. The zero-order chi connectivity index (χ0) is 28.7. The molecule has 0 saturated heterocycles. The number of hydrogen-bond acceptors (Lipinski definition) is 4. The zero-order valence-electron chi connectivity index (χ0n) is 25.5. The van der Waals surface area contributed by atoms with E-state index in [4.69, 9.17) is 4.74 Å². The Morgan fingerprint density at radius 3 is 2.58 bits per heavy atom. The van der Waals surface area contributed by atoms with Crippen molar-refractivity contribution in [1.82, 2.24) is 0 Å². The van der Waals surface area contributed by atoms with Gasteiger partial charge in [0.15, 0.2) is 11.5 Å². The molecule has 4 aliphatic carbocycles. The van der Waals surface area contributed by atoms with Gasteiger partial charge in [-0.25, -0.2) is 4.79 Å². The molecule has 5 rings (SSSR count). The zero-order valence-corrected chi connectivity index (χ0v) is 25.5. The van der Waals surface area contributed by atoms with Crippen molar-refractivity contribution in [1.29, 1.82) is 0 Å². The molecule has 1 aromatic carbocycles. The Labute approximate surface area is 242 Å². The van der Waals surface area contributed by atoms with Crippen LogP contribution in [0.15, 0.2) is 35.9 Å². The molecule has 0 bridgehead atoms. The molecular formula is C36H52O4. The Morgan fingerprint density at radius 1 is 1.02 bits per heavy atom. The molecule has 1 aromatic rings. The number of phenols is 2. The Kier molecular flexibility index (Phi) is 8.47. The van der Waals surface area contributed by atoms with Crippen LogP contribution in [0.3, 0.4) is 0 Å². The summed E-state index contributed by atoms with van der Waals surface area (Å²) >= 11 is 0. The number of esters is 1. The molecule has 4 nitrogen and oxygen atoms in total. The SMILES string of the molecule is CC(C)CCC[C@@H](C)[C@H]1CC[C@H]2[C@@H]3CC=C4C[C@@H](OC(=O)/C=C/c5ccc(O)c(O)c5)CC[C@]4(C)[C@H]3CC[C@]12C. The maximum absolute atomic E-state index is 12.6. The maximum Gasteiger partial charge on any atom is 0.331 e. The van der Waals surface area contributed by atoms with Crippen molar-refractivity contribution < 1.29 is 19.7 Å². The summed E-state index contributed by atoms with van der Waals surface area (Å²) in [6.45, 7) is 12.4. The number of aromatic hydroxyl groups is 2. The van der Waals surface area contributed by atoms with E-state index in [0.29, 0.717) is 11.0 Å². The Morgan fingerprint density at radius 2 is 1.82 bits per heavy atom. The molecule has 0 spiro atoms. The van der Waals surface area contributed by atoms with Gasteiger partial charge in [0.1, 0.15) is 6.10 Å². The predicted molar refractivity (Wildman–Crippen MR) is 162 cm³/mol. The molecule has 4 heteroatoms. The van der Waals surface area contributed by atoms with E-state index in [1.54, 1.807) is 12.1 Å². The molecular weight excluding hydrogens is 496 g/mol. The first-order chi connectivity index (χ1) is 19.0. The summed E-state index contributed by atoms with van der Waals surface area (Å²) in [6, 6.07) is 4.51. The number of rotatable bonds is 8. The molecule has 0 aromatic heterocycles. The average molecular weight is 549 g/mol. The third-order valence-corrected chi connectivity index (χ3v) is 12.0. The highest BCUT2D eigenvalue weighted by Crippen LogP contribution is 2.67. The van der Waals surface area contributed by atoms with Gasteiger partial charge in [-0.05, 0) is 115 Å². The molecule has 3 saturated carbocycles. The number of ether oxygens (including phenoxy) is 1. The minimum absolute atomic E-state index is 0.0716. The van der Waals surface area contributed by atoms with E-state index in [9.17, 15) is 15.0 Å². The third-order valence-electron chi connectivity index (χ3n) is 12.0. The molecule has 8 atom stereocenters. The summed E-state index contributed by atoms with van der Waals surface area (Å²) in [5.74, 6) is 4.26.